The fourth-order valence-corrected chi connectivity index (χ4v) is 0.386. The third-order valence-corrected chi connectivity index (χ3v) is 0.695. The van der Waals surface area contributed by atoms with Crippen molar-refractivity contribution >= 4 is 12.2 Å². The first-order valence-corrected chi connectivity index (χ1v) is 2.77. The Morgan fingerprint density at radius 1 is 1.67 bits per heavy atom. The number of aliphatic imine (C=N–C) groups is 1. The van der Waals surface area contributed by atoms with E-state index in [1.807, 2.05) is 13.8 Å². The molecule has 0 radical (unpaired) electrons. The largest absolute Gasteiger partial charge is 0.479 e. The summed E-state index contributed by atoms with van der Waals surface area (Å²) in [7, 11) is 1.43. The average Bonchev–Trinajstić information content (AvgIpc) is 1.82. The molecule has 52 valence electrons. The van der Waals surface area contributed by atoms with Crippen LogP contribution >= 0.6 is 0 Å². The summed E-state index contributed by atoms with van der Waals surface area (Å²) in [5, 5.41) is 0. The summed E-state index contributed by atoms with van der Waals surface area (Å²) in [6.45, 7) is 3.76. The molecule has 9 heavy (non-hydrogen) atoms. The van der Waals surface area contributed by atoms with Crippen LogP contribution in [0.1, 0.15) is 13.8 Å². The molecule has 0 heterocycles. The molecule has 3 nitrogen and oxygen atoms in total. The molecule has 0 bridgehead atoms. The Bertz CT molecular complexity index is 118. The molecule has 0 atom stereocenters. The van der Waals surface area contributed by atoms with Crippen LogP contribution in [0, 0.1) is 0 Å². The van der Waals surface area contributed by atoms with Gasteiger partial charge in [-0.25, -0.2) is 4.99 Å². The maximum absolute atomic E-state index is 10.0. The second-order valence-corrected chi connectivity index (χ2v) is 1.88. The second kappa shape index (κ2) is 4.06. The lowest BCUT2D eigenvalue weighted by Crippen LogP contribution is -2.05. The highest BCUT2D eigenvalue weighted by atomic mass is 16.5. The molecule has 0 aliphatic rings. The van der Waals surface area contributed by atoms with Crippen LogP contribution in [0.5, 0.6) is 0 Å². The minimum atomic E-state index is 0.116. The third-order valence-electron chi connectivity index (χ3n) is 0.695. The maximum Gasteiger partial charge on any atom is 0.249 e. The van der Waals surface area contributed by atoms with E-state index in [-0.39, 0.29) is 11.9 Å². The number of nitrogens with zero attached hydrogens (tertiary/aromatic N) is 1. The molecule has 0 amide bonds. The molecule has 0 rings (SSSR count). The highest BCUT2D eigenvalue weighted by Gasteiger charge is 1.94. The van der Waals surface area contributed by atoms with Gasteiger partial charge in [0.1, 0.15) is 0 Å². The van der Waals surface area contributed by atoms with Crippen molar-refractivity contribution in [2.24, 2.45) is 4.99 Å². The molecule has 0 N–H and O–H groups in total. The van der Waals surface area contributed by atoms with Gasteiger partial charge in [0.05, 0.1) is 7.11 Å². The highest BCUT2D eigenvalue weighted by Crippen LogP contribution is 1.86. The number of methoxy groups -OCH3 is 1. The minimum absolute atomic E-state index is 0.116. The first-order chi connectivity index (χ1) is 4.20. The van der Waals surface area contributed by atoms with E-state index < -0.39 is 0 Å². The Morgan fingerprint density at radius 2 is 2.22 bits per heavy atom. The molecular formula is C6H11NO2. The van der Waals surface area contributed by atoms with E-state index in [0.717, 1.165) is 0 Å². The average molecular weight is 129 g/mol. The van der Waals surface area contributed by atoms with E-state index in [1.165, 1.54) is 7.11 Å². The number of aldehydes is 1. The van der Waals surface area contributed by atoms with E-state index in [2.05, 4.69) is 9.73 Å². The van der Waals surface area contributed by atoms with Gasteiger partial charge in [0, 0.05) is 6.04 Å². The van der Waals surface area contributed by atoms with Gasteiger partial charge in [-0.2, -0.15) is 0 Å². The summed E-state index contributed by atoms with van der Waals surface area (Å²) in [6.07, 6.45) is 0.597. The van der Waals surface area contributed by atoms with Crippen LogP contribution in [0.25, 0.3) is 0 Å². The van der Waals surface area contributed by atoms with Crippen LogP contribution in [0.15, 0.2) is 4.99 Å². The zero-order chi connectivity index (χ0) is 7.28. The van der Waals surface area contributed by atoms with Crippen molar-refractivity contribution in [1.29, 1.82) is 0 Å². The quantitative estimate of drug-likeness (QED) is 0.312. The molecule has 0 saturated heterocycles. The fraction of sp³-hybridized carbons (Fsp3) is 0.667. The van der Waals surface area contributed by atoms with Gasteiger partial charge in [0.15, 0.2) is 0 Å². The van der Waals surface area contributed by atoms with Gasteiger partial charge in [-0.1, -0.05) is 0 Å². The maximum atomic E-state index is 10.0. The van der Waals surface area contributed by atoms with Crippen LogP contribution < -0.4 is 0 Å². The standard InChI is InChI=1S/C6H11NO2/c1-5(2)7-6(4-8)9-3/h4-5H,1-3H3. The molecular weight excluding hydrogens is 118 g/mol. The number of ether oxygens (including phenoxy) is 1. The molecule has 0 aromatic carbocycles. The summed E-state index contributed by atoms with van der Waals surface area (Å²) in [4.78, 5) is 13.9. The Balaban J connectivity index is 3.90. The third kappa shape index (κ3) is 3.70. The predicted octanol–water partition coefficient (Wildman–Crippen LogP) is 0.639. The first-order valence-electron chi connectivity index (χ1n) is 2.77. The van der Waals surface area contributed by atoms with E-state index in [9.17, 15) is 4.79 Å². The smallest absolute Gasteiger partial charge is 0.249 e. The number of rotatable bonds is 2. The van der Waals surface area contributed by atoms with Crippen molar-refractivity contribution in [2.75, 3.05) is 7.11 Å². The predicted molar refractivity (Wildman–Crippen MR) is 35.6 cm³/mol. The SMILES string of the molecule is COC(C=O)=NC(C)C. The zero-order valence-corrected chi connectivity index (χ0v) is 5.92. The first kappa shape index (κ1) is 8.14. The fourth-order valence-electron chi connectivity index (χ4n) is 0.386. The van der Waals surface area contributed by atoms with Crippen LogP contribution in [-0.2, 0) is 9.53 Å². The van der Waals surface area contributed by atoms with Gasteiger partial charge in [0.2, 0.25) is 12.2 Å². The lowest BCUT2D eigenvalue weighted by molar-refractivity contribution is -0.103. The molecule has 0 unspecified atom stereocenters. The van der Waals surface area contributed by atoms with Gasteiger partial charge in [-0.3, -0.25) is 4.79 Å². The molecule has 0 aliphatic heterocycles. The van der Waals surface area contributed by atoms with Crippen molar-refractivity contribution in [1.82, 2.24) is 0 Å². The van der Waals surface area contributed by atoms with Crippen molar-refractivity contribution in [3.05, 3.63) is 0 Å². The normalized spacial score (nSPS) is 11.8. The van der Waals surface area contributed by atoms with Crippen LogP contribution in [-0.4, -0.2) is 25.3 Å². The Hall–Kier alpha value is -0.860. The van der Waals surface area contributed by atoms with Gasteiger partial charge < -0.3 is 4.74 Å². The van der Waals surface area contributed by atoms with Gasteiger partial charge in [-0.15, -0.1) is 0 Å². The Morgan fingerprint density at radius 3 is 2.33 bits per heavy atom. The molecule has 0 saturated carbocycles. The van der Waals surface area contributed by atoms with Crippen molar-refractivity contribution in [3.8, 4) is 0 Å². The molecule has 0 fully saturated rings. The Kier molecular flexibility index (Phi) is 3.67. The van der Waals surface area contributed by atoms with Gasteiger partial charge in [-0.05, 0) is 13.8 Å². The topological polar surface area (TPSA) is 38.7 Å². The number of hydrogen-bond donors (Lipinski definition) is 0. The minimum Gasteiger partial charge on any atom is -0.479 e. The van der Waals surface area contributed by atoms with Crippen LogP contribution in [0.4, 0.5) is 0 Å². The number of carbonyl (C=O) groups excluding carboxylic acids is 1. The van der Waals surface area contributed by atoms with Crippen molar-refractivity contribution < 1.29 is 9.53 Å². The summed E-state index contributed by atoms with van der Waals surface area (Å²) in [5.41, 5.74) is 0. The highest BCUT2D eigenvalue weighted by molar-refractivity contribution is 6.23. The summed E-state index contributed by atoms with van der Waals surface area (Å²) in [6, 6.07) is 0.116. The zero-order valence-electron chi connectivity index (χ0n) is 5.92. The van der Waals surface area contributed by atoms with E-state index in [0.29, 0.717) is 6.29 Å². The van der Waals surface area contributed by atoms with E-state index in [1.54, 1.807) is 0 Å². The number of hydrogen-bond acceptors (Lipinski definition) is 3. The summed E-state index contributed by atoms with van der Waals surface area (Å²) < 4.78 is 4.59. The van der Waals surface area contributed by atoms with Crippen molar-refractivity contribution in [3.63, 3.8) is 0 Å². The van der Waals surface area contributed by atoms with Crippen molar-refractivity contribution in [2.45, 2.75) is 19.9 Å². The van der Waals surface area contributed by atoms with Gasteiger partial charge in [0.25, 0.3) is 0 Å². The number of carbonyl (C=O) groups is 1. The van der Waals surface area contributed by atoms with E-state index >= 15 is 0 Å². The lowest BCUT2D eigenvalue weighted by Gasteiger charge is -1.97. The molecule has 0 aromatic heterocycles. The summed E-state index contributed by atoms with van der Waals surface area (Å²) in [5.74, 6) is 0.157. The molecule has 0 aliphatic carbocycles. The van der Waals surface area contributed by atoms with Gasteiger partial charge >= 0.3 is 0 Å². The molecule has 0 aromatic rings. The lowest BCUT2D eigenvalue weighted by atomic mass is 10.4. The monoisotopic (exact) mass is 129 g/mol. The summed E-state index contributed by atoms with van der Waals surface area (Å²) >= 11 is 0. The van der Waals surface area contributed by atoms with Crippen LogP contribution in [0.3, 0.4) is 0 Å². The molecule has 3 heteroatoms. The second-order valence-electron chi connectivity index (χ2n) is 1.88. The van der Waals surface area contributed by atoms with E-state index in [4.69, 9.17) is 0 Å². The van der Waals surface area contributed by atoms with Crippen LogP contribution in [0.2, 0.25) is 0 Å². The Labute approximate surface area is 54.7 Å². The molecule has 0 spiro atoms.